The second-order valence-corrected chi connectivity index (χ2v) is 8.19. The molecule has 3 aromatic rings. The number of rotatable bonds is 7. The number of nitrogens with zero attached hydrogens (tertiary/aromatic N) is 3. The normalized spacial score (nSPS) is 16.8. The van der Waals surface area contributed by atoms with E-state index >= 15 is 0 Å². The molecule has 3 N–H and O–H groups in total. The van der Waals surface area contributed by atoms with E-state index in [2.05, 4.69) is 15.4 Å². The molecule has 1 amide bonds. The van der Waals surface area contributed by atoms with Crippen molar-refractivity contribution >= 4 is 34.2 Å². The van der Waals surface area contributed by atoms with E-state index in [-0.39, 0.29) is 12.3 Å². The van der Waals surface area contributed by atoms with Crippen LogP contribution in [0.25, 0.3) is 10.9 Å². The lowest BCUT2D eigenvalue weighted by Crippen LogP contribution is -2.51. The summed E-state index contributed by atoms with van der Waals surface area (Å²) in [6, 6.07) is 14.8. The molecule has 0 saturated carbocycles. The number of benzene rings is 2. The number of fused-ring (bicyclic) bond motifs is 1. The van der Waals surface area contributed by atoms with Crippen molar-refractivity contribution in [2.45, 2.75) is 32.0 Å². The van der Waals surface area contributed by atoms with Gasteiger partial charge in [0, 0.05) is 56.6 Å². The fraction of sp³-hybridized carbons (Fsp3) is 0.292. The first-order valence-electron chi connectivity index (χ1n) is 10.5. The highest BCUT2D eigenvalue weighted by Gasteiger charge is 2.33. The highest BCUT2D eigenvalue weighted by molar-refractivity contribution is 6.03. The highest BCUT2D eigenvalue weighted by atomic mass is 16.4. The van der Waals surface area contributed by atoms with Crippen LogP contribution in [0.15, 0.2) is 59.8 Å². The smallest absolute Gasteiger partial charge is 0.321 e. The van der Waals surface area contributed by atoms with Gasteiger partial charge in [0.15, 0.2) is 0 Å². The zero-order valence-corrected chi connectivity index (χ0v) is 18.4. The summed E-state index contributed by atoms with van der Waals surface area (Å²) >= 11 is 0. The van der Waals surface area contributed by atoms with E-state index in [1.807, 2.05) is 73.7 Å². The number of nitrogens with one attached hydrogen (secondary N) is 2. The Morgan fingerprint density at radius 1 is 1.22 bits per heavy atom. The summed E-state index contributed by atoms with van der Waals surface area (Å²) in [6.07, 6.45) is 2.03. The molecule has 1 aliphatic rings. The van der Waals surface area contributed by atoms with Gasteiger partial charge in [0.2, 0.25) is 5.91 Å². The lowest BCUT2D eigenvalue weighted by atomic mass is 10.0. The van der Waals surface area contributed by atoms with Crippen LogP contribution < -0.4 is 10.2 Å². The Morgan fingerprint density at radius 3 is 2.59 bits per heavy atom. The standard InChI is InChI=1S/C24H27N5O3/c1-15(30)29-23(13-21(27-29)16-8-10-18(11-9-16)28(2)3)26-22(24(31)32)12-17-14-25-20-7-5-4-6-19(17)20/h4-11,14,22-23,25-26H,12-13H2,1-3H3,(H,31,32)/t22-,23+/m1/s1. The van der Waals surface area contributed by atoms with Gasteiger partial charge in [-0.3, -0.25) is 14.9 Å². The van der Waals surface area contributed by atoms with Gasteiger partial charge in [-0.15, -0.1) is 0 Å². The number of carboxylic acid groups (broad SMARTS) is 1. The van der Waals surface area contributed by atoms with Crippen LogP contribution in [0, 0.1) is 0 Å². The minimum Gasteiger partial charge on any atom is -0.480 e. The number of aliphatic carboxylic acids is 1. The molecule has 2 atom stereocenters. The summed E-state index contributed by atoms with van der Waals surface area (Å²) in [5.74, 6) is -1.21. The largest absolute Gasteiger partial charge is 0.480 e. The number of hydrogen-bond acceptors (Lipinski definition) is 5. The lowest BCUT2D eigenvalue weighted by Gasteiger charge is -2.25. The van der Waals surface area contributed by atoms with Crippen molar-refractivity contribution in [2.24, 2.45) is 5.10 Å². The van der Waals surface area contributed by atoms with Crippen LogP contribution in [0.4, 0.5) is 5.69 Å². The Labute approximate surface area is 186 Å². The predicted molar refractivity (Wildman–Crippen MR) is 125 cm³/mol. The summed E-state index contributed by atoms with van der Waals surface area (Å²) in [4.78, 5) is 29.5. The van der Waals surface area contributed by atoms with Crippen molar-refractivity contribution in [1.29, 1.82) is 0 Å². The average molecular weight is 434 g/mol. The number of anilines is 1. The SMILES string of the molecule is CC(=O)N1N=C(c2ccc(N(C)C)cc2)C[C@H]1N[C@H](Cc1c[nH]c2ccccc12)C(=O)O. The van der Waals surface area contributed by atoms with Gasteiger partial charge in [0.1, 0.15) is 12.2 Å². The van der Waals surface area contributed by atoms with E-state index in [0.29, 0.717) is 6.42 Å². The zero-order chi connectivity index (χ0) is 22.8. The number of carbonyl (C=O) groups excluding carboxylic acids is 1. The van der Waals surface area contributed by atoms with Crippen molar-refractivity contribution in [3.05, 3.63) is 65.9 Å². The molecule has 2 heterocycles. The van der Waals surface area contributed by atoms with E-state index in [4.69, 9.17) is 0 Å². The van der Waals surface area contributed by atoms with Crippen molar-refractivity contribution < 1.29 is 14.7 Å². The molecule has 0 spiro atoms. The van der Waals surface area contributed by atoms with E-state index in [0.717, 1.165) is 33.4 Å². The first-order valence-corrected chi connectivity index (χ1v) is 10.5. The number of amides is 1. The predicted octanol–water partition coefficient (Wildman–Crippen LogP) is 2.80. The molecular weight excluding hydrogens is 406 g/mol. The van der Waals surface area contributed by atoms with E-state index < -0.39 is 18.2 Å². The Hall–Kier alpha value is -3.65. The molecule has 0 fully saturated rings. The number of H-pyrrole nitrogens is 1. The van der Waals surface area contributed by atoms with Gasteiger partial charge in [-0.2, -0.15) is 5.10 Å². The van der Waals surface area contributed by atoms with Crippen LogP contribution in [-0.4, -0.2) is 59.0 Å². The summed E-state index contributed by atoms with van der Waals surface area (Å²) in [6.45, 7) is 1.44. The van der Waals surface area contributed by atoms with Gasteiger partial charge in [-0.05, 0) is 29.3 Å². The minimum atomic E-state index is -0.970. The van der Waals surface area contributed by atoms with E-state index in [1.165, 1.54) is 11.9 Å². The summed E-state index contributed by atoms with van der Waals surface area (Å²) in [5, 5.41) is 19.9. The molecular formula is C24H27N5O3. The van der Waals surface area contributed by atoms with Gasteiger partial charge in [-0.1, -0.05) is 30.3 Å². The lowest BCUT2D eigenvalue weighted by molar-refractivity contribution is -0.141. The number of hydrogen-bond donors (Lipinski definition) is 3. The van der Waals surface area contributed by atoms with E-state index in [9.17, 15) is 14.7 Å². The van der Waals surface area contributed by atoms with Crippen LogP contribution in [0.5, 0.6) is 0 Å². The van der Waals surface area contributed by atoms with Crippen molar-refractivity contribution in [3.8, 4) is 0 Å². The Kier molecular flexibility index (Phi) is 5.96. The average Bonchev–Trinajstić information content (AvgIpc) is 3.38. The van der Waals surface area contributed by atoms with Crippen LogP contribution in [0.2, 0.25) is 0 Å². The topological polar surface area (TPSA) is 101 Å². The second-order valence-electron chi connectivity index (χ2n) is 8.19. The fourth-order valence-corrected chi connectivity index (χ4v) is 4.03. The molecule has 0 radical (unpaired) electrons. The molecule has 0 aliphatic carbocycles. The number of carboxylic acids is 1. The van der Waals surface area contributed by atoms with Gasteiger partial charge in [0.25, 0.3) is 0 Å². The molecule has 8 heteroatoms. The Morgan fingerprint density at radius 2 is 1.94 bits per heavy atom. The van der Waals surface area contributed by atoms with Gasteiger partial charge in [0.05, 0.1) is 5.71 Å². The molecule has 0 unspecified atom stereocenters. The summed E-state index contributed by atoms with van der Waals surface area (Å²) in [7, 11) is 3.94. The maximum absolute atomic E-state index is 12.2. The van der Waals surface area contributed by atoms with Crippen molar-refractivity contribution in [1.82, 2.24) is 15.3 Å². The molecule has 166 valence electrons. The van der Waals surface area contributed by atoms with Crippen LogP contribution in [0.3, 0.4) is 0 Å². The summed E-state index contributed by atoms with van der Waals surface area (Å²) in [5.41, 5.74) is 4.60. The number of carbonyl (C=O) groups is 2. The molecule has 1 aliphatic heterocycles. The maximum atomic E-state index is 12.2. The van der Waals surface area contributed by atoms with Crippen molar-refractivity contribution in [3.63, 3.8) is 0 Å². The van der Waals surface area contributed by atoms with Crippen LogP contribution in [0.1, 0.15) is 24.5 Å². The first-order chi connectivity index (χ1) is 15.3. The van der Waals surface area contributed by atoms with Gasteiger partial charge in [-0.25, -0.2) is 5.01 Å². The summed E-state index contributed by atoms with van der Waals surface area (Å²) < 4.78 is 0. The van der Waals surface area contributed by atoms with Crippen LogP contribution in [-0.2, 0) is 16.0 Å². The third-order valence-corrected chi connectivity index (χ3v) is 5.74. The Balaban J connectivity index is 1.53. The molecule has 4 rings (SSSR count). The number of aromatic nitrogens is 1. The molecule has 0 saturated heterocycles. The third kappa shape index (κ3) is 4.36. The number of para-hydroxylation sites is 1. The highest BCUT2D eigenvalue weighted by Crippen LogP contribution is 2.23. The molecule has 2 aromatic carbocycles. The molecule has 8 nitrogen and oxygen atoms in total. The van der Waals surface area contributed by atoms with E-state index in [1.54, 1.807) is 0 Å². The molecule has 0 bridgehead atoms. The monoisotopic (exact) mass is 433 g/mol. The quantitative estimate of drug-likeness (QED) is 0.532. The van der Waals surface area contributed by atoms with Crippen LogP contribution >= 0.6 is 0 Å². The zero-order valence-electron chi connectivity index (χ0n) is 18.4. The Bertz CT molecular complexity index is 1170. The van der Waals surface area contributed by atoms with Gasteiger partial charge >= 0.3 is 5.97 Å². The molecule has 32 heavy (non-hydrogen) atoms. The van der Waals surface area contributed by atoms with Gasteiger partial charge < -0.3 is 15.0 Å². The molecule has 1 aromatic heterocycles. The fourth-order valence-electron chi connectivity index (χ4n) is 4.03. The number of hydrazone groups is 1. The number of aromatic amines is 1. The first kappa shape index (κ1) is 21.6. The second kappa shape index (κ2) is 8.84. The third-order valence-electron chi connectivity index (χ3n) is 5.74. The maximum Gasteiger partial charge on any atom is 0.321 e. The minimum absolute atomic E-state index is 0.237. The van der Waals surface area contributed by atoms with Crippen molar-refractivity contribution in [2.75, 3.05) is 19.0 Å².